The second kappa shape index (κ2) is 9.44. The van der Waals surface area contributed by atoms with Crippen LogP contribution < -0.4 is 0 Å². The average molecular weight is 247 g/mol. The molecule has 2 rings (SSSR count). The Morgan fingerprint density at radius 3 is 2.07 bits per heavy atom. The van der Waals surface area contributed by atoms with Gasteiger partial charge in [-0.2, -0.15) is 24.6 Å². The Balaban J connectivity index is 0.000000253. The van der Waals surface area contributed by atoms with Crippen LogP contribution in [0.25, 0.3) is 0 Å². The molecule has 15 heavy (non-hydrogen) atoms. The number of hydrogen-bond acceptors (Lipinski definition) is 1. The number of benzene rings is 1. The third kappa shape index (κ3) is 6.89. The minimum Gasteiger partial charge on any atom is -0.394 e. The van der Waals surface area contributed by atoms with E-state index in [1.54, 1.807) is 12.3 Å². The molecule has 1 nitrogen and oxygen atoms in total. The minimum atomic E-state index is 0. The van der Waals surface area contributed by atoms with Crippen molar-refractivity contribution in [1.82, 2.24) is 4.98 Å². The molecule has 2 heteroatoms. The summed E-state index contributed by atoms with van der Waals surface area (Å²) in [6.45, 7) is 3.76. The molecule has 1 radical (unpaired) electrons. The van der Waals surface area contributed by atoms with E-state index in [2.05, 4.69) is 30.2 Å². The fourth-order valence-corrected chi connectivity index (χ4v) is 0.922. The van der Waals surface area contributed by atoms with E-state index in [4.69, 9.17) is 0 Å². The van der Waals surface area contributed by atoms with Crippen molar-refractivity contribution in [2.45, 2.75) is 6.42 Å². The van der Waals surface area contributed by atoms with E-state index in [1.165, 1.54) is 5.56 Å². The van der Waals surface area contributed by atoms with Gasteiger partial charge >= 0.3 is 17.1 Å². The molecule has 0 fully saturated rings. The Kier molecular flexibility index (Phi) is 8.75. The molecular formula is C13H13CuN. The largest absolute Gasteiger partial charge is 2.00 e. The van der Waals surface area contributed by atoms with Gasteiger partial charge in [-0.15, -0.1) is 0 Å². The Bertz CT molecular complexity index is 294. The standard InChI is InChI=1S/C8H9.C5H4N.Cu/c1-2-8-6-4-3-5-7-8;1-2-4-6-5-3-1;/h3-7H,1-2H2;1-4H;/q2*-1;+2. The van der Waals surface area contributed by atoms with Crippen LogP contribution in [0, 0.1) is 13.1 Å². The summed E-state index contributed by atoms with van der Waals surface area (Å²) in [6, 6.07) is 15.7. The quantitative estimate of drug-likeness (QED) is 0.557. The van der Waals surface area contributed by atoms with Crippen LogP contribution in [0.5, 0.6) is 0 Å². The summed E-state index contributed by atoms with van der Waals surface area (Å²) < 4.78 is 0. The van der Waals surface area contributed by atoms with E-state index < -0.39 is 0 Å². The SMILES string of the molecule is [CH2-]Cc1ccccc1.[Cu+2].[c-]1ccccn1. The molecule has 0 aliphatic rings. The van der Waals surface area contributed by atoms with Crippen molar-refractivity contribution >= 4 is 0 Å². The summed E-state index contributed by atoms with van der Waals surface area (Å²) in [5.41, 5.74) is 1.30. The molecule has 1 heterocycles. The average Bonchev–Trinajstić information content (AvgIpc) is 2.33. The zero-order valence-electron chi connectivity index (χ0n) is 8.36. The second-order valence-electron chi connectivity index (χ2n) is 2.69. The van der Waals surface area contributed by atoms with Crippen LogP contribution >= 0.6 is 0 Å². The molecule has 2 aromatic rings. The van der Waals surface area contributed by atoms with Crippen LogP contribution in [-0.4, -0.2) is 4.98 Å². The van der Waals surface area contributed by atoms with E-state index in [-0.39, 0.29) is 17.1 Å². The molecule has 0 saturated heterocycles. The molecule has 0 saturated carbocycles. The molecule has 0 spiro atoms. The zero-order chi connectivity index (χ0) is 10.1. The molecule has 1 aromatic carbocycles. The van der Waals surface area contributed by atoms with Gasteiger partial charge in [-0.25, -0.2) is 0 Å². The van der Waals surface area contributed by atoms with Gasteiger partial charge in [0.1, 0.15) is 0 Å². The fourth-order valence-electron chi connectivity index (χ4n) is 0.922. The maximum absolute atomic E-state index is 3.76. The van der Waals surface area contributed by atoms with Crippen molar-refractivity contribution in [1.29, 1.82) is 0 Å². The number of rotatable bonds is 1. The molecule has 0 N–H and O–H groups in total. The van der Waals surface area contributed by atoms with Crippen molar-refractivity contribution in [3.8, 4) is 0 Å². The molecule has 0 aliphatic heterocycles. The van der Waals surface area contributed by atoms with Crippen LogP contribution in [0.4, 0.5) is 0 Å². The number of hydrogen-bond donors (Lipinski definition) is 0. The first-order valence-corrected chi connectivity index (χ1v) is 4.53. The predicted octanol–water partition coefficient (Wildman–Crippen LogP) is 2.94. The normalized spacial score (nSPS) is 8.07. The van der Waals surface area contributed by atoms with E-state index in [0.717, 1.165) is 6.42 Å². The molecule has 0 atom stereocenters. The van der Waals surface area contributed by atoms with E-state index >= 15 is 0 Å². The Hall–Kier alpha value is -1.11. The summed E-state index contributed by atoms with van der Waals surface area (Å²) in [4.78, 5) is 3.66. The van der Waals surface area contributed by atoms with Gasteiger partial charge in [0.05, 0.1) is 0 Å². The second-order valence-corrected chi connectivity index (χ2v) is 2.69. The van der Waals surface area contributed by atoms with E-state index in [9.17, 15) is 0 Å². The predicted molar refractivity (Wildman–Crippen MR) is 58.6 cm³/mol. The van der Waals surface area contributed by atoms with Crippen molar-refractivity contribution in [2.75, 3.05) is 0 Å². The summed E-state index contributed by atoms with van der Waals surface area (Å²) in [7, 11) is 0. The Morgan fingerprint density at radius 2 is 1.80 bits per heavy atom. The van der Waals surface area contributed by atoms with Gasteiger partial charge in [0.15, 0.2) is 0 Å². The molecule has 0 bridgehead atoms. The smallest absolute Gasteiger partial charge is 0.394 e. The van der Waals surface area contributed by atoms with E-state index in [0.29, 0.717) is 0 Å². The number of aromatic nitrogens is 1. The van der Waals surface area contributed by atoms with Gasteiger partial charge in [-0.05, 0) is 0 Å². The van der Waals surface area contributed by atoms with Crippen LogP contribution in [0.2, 0.25) is 0 Å². The fraction of sp³-hybridized carbons (Fsp3) is 0.0769. The molecule has 81 valence electrons. The molecule has 0 amide bonds. The van der Waals surface area contributed by atoms with Gasteiger partial charge in [0.25, 0.3) is 0 Å². The summed E-state index contributed by atoms with van der Waals surface area (Å²) in [6.07, 6.45) is 5.23. The van der Waals surface area contributed by atoms with Gasteiger partial charge in [-0.1, -0.05) is 48.3 Å². The number of nitrogens with zero attached hydrogens (tertiary/aromatic N) is 1. The van der Waals surface area contributed by atoms with Crippen molar-refractivity contribution in [3.05, 3.63) is 73.4 Å². The first-order chi connectivity index (χ1) is 6.93. The Morgan fingerprint density at radius 1 is 1.07 bits per heavy atom. The summed E-state index contributed by atoms with van der Waals surface area (Å²) in [5, 5.41) is 0. The molecule has 0 aliphatic carbocycles. The Labute approximate surface area is 102 Å². The van der Waals surface area contributed by atoms with E-state index in [1.807, 2.05) is 30.3 Å². The summed E-state index contributed by atoms with van der Waals surface area (Å²) >= 11 is 0. The minimum absolute atomic E-state index is 0. The molecular weight excluding hydrogens is 234 g/mol. The van der Waals surface area contributed by atoms with Crippen molar-refractivity contribution in [3.63, 3.8) is 0 Å². The third-order valence-corrected chi connectivity index (χ3v) is 1.65. The topological polar surface area (TPSA) is 12.9 Å². The van der Waals surface area contributed by atoms with Crippen molar-refractivity contribution < 1.29 is 17.1 Å². The molecule has 0 unspecified atom stereocenters. The third-order valence-electron chi connectivity index (χ3n) is 1.65. The van der Waals surface area contributed by atoms with Crippen LogP contribution in [0.3, 0.4) is 0 Å². The first-order valence-electron chi connectivity index (χ1n) is 4.53. The van der Waals surface area contributed by atoms with Crippen LogP contribution in [0.1, 0.15) is 5.56 Å². The van der Waals surface area contributed by atoms with Gasteiger partial charge < -0.3 is 11.9 Å². The van der Waals surface area contributed by atoms with Crippen LogP contribution in [0.15, 0.2) is 54.7 Å². The van der Waals surface area contributed by atoms with Gasteiger partial charge in [0, 0.05) is 0 Å². The number of pyridine rings is 1. The summed E-state index contributed by atoms with van der Waals surface area (Å²) in [5.74, 6) is 0. The molecule has 1 aromatic heterocycles. The monoisotopic (exact) mass is 246 g/mol. The van der Waals surface area contributed by atoms with Gasteiger partial charge in [0.2, 0.25) is 0 Å². The maximum atomic E-state index is 3.76. The zero-order valence-corrected chi connectivity index (χ0v) is 9.30. The maximum Gasteiger partial charge on any atom is 2.00 e. The first kappa shape index (κ1) is 13.9. The van der Waals surface area contributed by atoms with Crippen LogP contribution in [-0.2, 0) is 23.5 Å². The van der Waals surface area contributed by atoms with Crippen molar-refractivity contribution in [2.24, 2.45) is 0 Å². The van der Waals surface area contributed by atoms with Gasteiger partial charge in [-0.3, -0.25) is 0 Å².